The van der Waals surface area contributed by atoms with Crippen LogP contribution in [-0.2, 0) is 4.79 Å². The van der Waals surface area contributed by atoms with E-state index >= 15 is 0 Å². The van der Waals surface area contributed by atoms with Gasteiger partial charge in [-0.1, -0.05) is 12.8 Å². The smallest absolute Gasteiger partial charge is 0.239 e. The molecule has 2 aliphatic rings. The van der Waals surface area contributed by atoms with Crippen molar-refractivity contribution < 1.29 is 4.79 Å². The van der Waals surface area contributed by atoms with Gasteiger partial charge in [0.15, 0.2) is 0 Å². The van der Waals surface area contributed by atoms with E-state index in [9.17, 15) is 4.79 Å². The van der Waals surface area contributed by atoms with Crippen molar-refractivity contribution in [2.45, 2.75) is 38.6 Å². The summed E-state index contributed by atoms with van der Waals surface area (Å²) in [6, 6.07) is 5.76. The highest BCUT2D eigenvalue weighted by Gasteiger charge is 2.29. The Hall–Kier alpha value is -2.13. The number of carbonyl (C=O) groups is 1. The third kappa shape index (κ3) is 4.29. The minimum absolute atomic E-state index is 0.0471. The Labute approximate surface area is 150 Å². The third-order valence-electron chi connectivity index (χ3n) is 5.34. The molecule has 3 rings (SSSR count). The van der Waals surface area contributed by atoms with E-state index in [2.05, 4.69) is 25.8 Å². The molecule has 2 saturated heterocycles. The van der Waals surface area contributed by atoms with Gasteiger partial charge in [0.05, 0.1) is 11.6 Å². The van der Waals surface area contributed by atoms with E-state index in [0.29, 0.717) is 5.56 Å². The summed E-state index contributed by atoms with van der Waals surface area (Å²) in [5.74, 6) is 1.19. The standard InChI is InChI=1S/C19H27N5O/c1-16(19(25)24-8-4-2-3-5-9-24)22-10-12-23(13-11-22)18-7-6-17(14-20)15-21-18/h6-7,15-16H,2-5,8-13H2,1H3. The predicted octanol–water partition coefficient (Wildman–Crippen LogP) is 1.87. The minimum atomic E-state index is -0.0471. The zero-order valence-electron chi connectivity index (χ0n) is 15.0. The zero-order chi connectivity index (χ0) is 17.6. The van der Waals surface area contributed by atoms with Gasteiger partial charge in [-0.05, 0) is 31.9 Å². The summed E-state index contributed by atoms with van der Waals surface area (Å²) in [4.78, 5) is 23.7. The zero-order valence-corrected chi connectivity index (χ0v) is 15.0. The normalized spacial score (nSPS) is 20.6. The molecule has 0 spiro atoms. The van der Waals surface area contributed by atoms with Crippen molar-refractivity contribution in [2.24, 2.45) is 0 Å². The topological polar surface area (TPSA) is 63.5 Å². The minimum Gasteiger partial charge on any atom is -0.354 e. The number of likely N-dealkylation sites (tertiary alicyclic amines) is 1. The van der Waals surface area contributed by atoms with Crippen LogP contribution >= 0.6 is 0 Å². The average Bonchev–Trinajstić information content (AvgIpc) is 2.96. The molecule has 134 valence electrons. The van der Waals surface area contributed by atoms with Crippen molar-refractivity contribution >= 4 is 11.7 Å². The maximum absolute atomic E-state index is 12.8. The second kappa shape index (κ2) is 8.30. The Balaban J connectivity index is 1.53. The van der Waals surface area contributed by atoms with E-state index in [1.165, 1.54) is 12.8 Å². The average molecular weight is 341 g/mol. The Morgan fingerprint density at radius 3 is 2.32 bits per heavy atom. The fraction of sp³-hybridized carbons (Fsp3) is 0.632. The lowest BCUT2D eigenvalue weighted by atomic mass is 10.2. The molecule has 0 aliphatic carbocycles. The number of hydrogen-bond acceptors (Lipinski definition) is 5. The van der Waals surface area contributed by atoms with Crippen LogP contribution in [0.1, 0.15) is 38.2 Å². The molecule has 2 aliphatic heterocycles. The molecule has 1 aromatic heterocycles. The Bertz CT molecular complexity index is 608. The lowest BCUT2D eigenvalue weighted by Crippen LogP contribution is -2.54. The molecule has 0 bridgehead atoms. The highest BCUT2D eigenvalue weighted by Crippen LogP contribution is 2.17. The van der Waals surface area contributed by atoms with E-state index in [1.54, 1.807) is 12.3 Å². The molecule has 6 heteroatoms. The molecule has 1 amide bonds. The summed E-state index contributed by atoms with van der Waals surface area (Å²) in [7, 11) is 0. The monoisotopic (exact) mass is 341 g/mol. The molecule has 2 fully saturated rings. The van der Waals surface area contributed by atoms with Crippen molar-refractivity contribution in [1.82, 2.24) is 14.8 Å². The van der Waals surface area contributed by atoms with Crippen LogP contribution in [0, 0.1) is 11.3 Å². The van der Waals surface area contributed by atoms with E-state index in [4.69, 9.17) is 5.26 Å². The van der Waals surface area contributed by atoms with Crippen LogP contribution in [0.25, 0.3) is 0 Å². The number of nitrogens with zero attached hydrogens (tertiary/aromatic N) is 5. The predicted molar refractivity (Wildman–Crippen MR) is 97.2 cm³/mol. The molecule has 1 unspecified atom stereocenters. The van der Waals surface area contributed by atoms with Gasteiger partial charge in [0.25, 0.3) is 0 Å². The second-order valence-corrected chi connectivity index (χ2v) is 6.96. The molecule has 25 heavy (non-hydrogen) atoms. The lowest BCUT2D eigenvalue weighted by Gasteiger charge is -2.39. The van der Waals surface area contributed by atoms with Gasteiger partial charge in [0, 0.05) is 45.5 Å². The van der Waals surface area contributed by atoms with Crippen LogP contribution in [0.2, 0.25) is 0 Å². The molecule has 1 atom stereocenters. The number of anilines is 1. The Morgan fingerprint density at radius 1 is 1.08 bits per heavy atom. The van der Waals surface area contributed by atoms with E-state index < -0.39 is 0 Å². The molecule has 0 aromatic carbocycles. The van der Waals surface area contributed by atoms with Crippen LogP contribution in [0.15, 0.2) is 18.3 Å². The Morgan fingerprint density at radius 2 is 1.76 bits per heavy atom. The summed E-state index contributed by atoms with van der Waals surface area (Å²) in [5.41, 5.74) is 0.582. The first-order valence-electron chi connectivity index (χ1n) is 9.33. The lowest BCUT2D eigenvalue weighted by molar-refractivity contribution is -0.136. The van der Waals surface area contributed by atoms with Crippen molar-refractivity contribution in [3.63, 3.8) is 0 Å². The number of rotatable bonds is 3. The maximum Gasteiger partial charge on any atom is 0.239 e. The van der Waals surface area contributed by atoms with Crippen LogP contribution < -0.4 is 4.90 Å². The molecule has 0 N–H and O–H groups in total. The van der Waals surface area contributed by atoms with Crippen molar-refractivity contribution in [2.75, 3.05) is 44.2 Å². The summed E-state index contributed by atoms with van der Waals surface area (Å²) in [6.07, 6.45) is 6.38. The van der Waals surface area contributed by atoms with Gasteiger partial charge in [0.2, 0.25) is 5.91 Å². The second-order valence-electron chi connectivity index (χ2n) is 6.96. The first-order valence-corrected chi connectivity index (χ1v) is 9.33. The highest BCUT2D eigenvalue weighted by molar-refractivity contribution is 5.81. The quantitative estimate of drug-likeness (QED) is 0.840. The van der Waals surface area contributed by atoms with Crippen LogP contribution in [-0.4, -0.2) is 66.0 Å². The van der Waals surface area contributed by atoms with E-state index in [-0.39, 0.29) is 11.9 Å². The molecule has 1 aromatic rings. The van der Waals surface area contributed by atoms with Gasteiger partial charge in [-0.15, -0.1) is 0 Å². The molecule has 0 saturated carbocycles. The molecular weight excluding hydrogens is 314 g/mol. The SMILES string of the molecule is CC(C(=O)N1CCCCCC1)N1CCN(c2ccc(C#N)cn2)CC1. The summed E-state index contributed by atoms with van der Waals surface area (Å²) < 4.78 is 0. The van der Waals surface area contributed by atoms with Crippen molar-refractivity contribution in [3.8, 4) is 6.07 Å². The fourth-order valence-corrected chi connectivity index (χ4v) is 3.69. The fourth-order valence-electron chi connectivity index (χ4n) is 3.69. The molecule has 6 nitrogen and oxygen atoms in total. The van der Waals surface area contributed by atoms with Gasteiger partial charge in [-0.2, -0.15) is 5.26 Å². The number of carbonyl (C=O) groups excluding carboxylic acids is 1. The van der Waals surface area contributed by atoms with Crippen LogP contribution in [0.5, 0.6) is 0 Å². The summed E-state index contributed by atoms with van der Waals surface area (Å²) >= 11 is 0. The van der Waals surface area contributed by atoms with Crippen LogP contribution in [0.4, 0.5) is 5.82 Å². The summed E-state index contributed by atoms with van der Waals surface area (Å²) in [6.45, 7) is 7.32. The number of aromatic nitrogens is 1. The number of amides is 1. The van der Waals surface area contributed by atoms with Gasteiger partial charge in [-0.3, -0.25) is 9.69 Å². The van der Waals surface area contributed by atoms with E-state index in [0.717, 1.165) is 57.9 Å². The van der Waals surface area contributed by atoms with Gasteiger partial charge < -0.3 is 9.80 Å². The van der Waals surface area contributed by atoms with Crippen molar-refractivity contribution in [1.29, 1.82) is 5.26 Å². The molecular formula is C19H27N5O. The third-order valence-corrected chi connectivity index (χ3v) is 5.34. The molecule has 0 radical (unpaired) electrons. The highest BCUT2D eigenvalue weighted by atomic mass is 16.2. The van der Waals surface area contributed by atoms with Crippen molar-refractivity contribution in [3.05, 3.63) is 23.9 Å². The molecule has 3 heterocycles. The van der Waals surface area contributed by atoms with Crippen LogP contribution in [0.3, 0.4) is 0 Å². The number of hydrogen-bond donors (Lipinski definition) is 0. The van der Waals surface area contributed by atoms with Gasteiger partial charge in [0.1, 0.15) is 11.9 Å². The largest absolute Gasteiger partial charge is 0.354 e. The summed E-state index contributed by atoms with van der Waals surface area (Å²) in [5, 5.41) is 8.87. The van der Waals surface area contributed by atoms with Gasteiger partial charge >= 0.3 is 0 Å². The van der Waals surface area contributed by atoms with E-state index in [1.807, 2.05) is 13.0 Å². The first kappa shape index (κ1) is 17.7. The first-order chi connectivity index (χ1) is 12.2. The number of piperazine rings is 1. The van der Waals surface area contributed by atoms with Gasteiger partial charge in [-0.25, -0.2) is 4.98 Å². The number of nitriles is 1. The maximum atomic E-state index is 12.8. The number of pyridine rings is 1. The Kier molecular flexibility index (Phi) is 5.87.